The largest absolute Gasteiger partial charge is 0.495 e. The number of sulfonamides is 1. The van der Waals surface area contributed by atoms with E-state index in [4.69, 9.17) is 4.74 Å². The lowest BCUT2D eigenvalue weighted by molar-refractivity contribution is -0.121. The molecule has 0 bridgehead atoms. The number of nitrogens with one attached hydrogen (secondary N) is 1. The van der Waals surface area contributed by atoms with Crippen molar-refractivity contribution >= 4 is 15.9 Å². The lowest BCUT2D eigenvalue weighted by atomic mass is 10.3. The number of carbonyl (C=O) groups excluding carboxylic acids is 1. The predicted octanol–water partition coefficient (Wildman–Crippen LogP) is 1.23. The summed E-state index contributed by atoms with van der Waals surface area (Å²) in [5, 5.41) is 2.68. The summed E-state index contributed by atoms with van der Waals surface area (Å²) in [4.78, 5) is 11.9. The van der Waals surface area contributed by atoms with E-state index in [9.17, 15) is 13.2 Å². The summed E-state index contributed by atoms with van der Waals surface area (Å²) >= 11 is 0. The molecule has 1 amide bonds. The number of carbonyl (C=O) groups is 1. The first-order chi connectivity index (χ1) is 9.82. The molecule has 6 nitrogen and oxygen atoms in total. The van der Waals surface area contributed by atoms with Crippen molar-refractivity contribution in [1.29, 1.82) is 0 Å². The standard InChI is InChI=1S/C14H22N2O4S/c1-5-16(10-14(17)15-11(2)3)21(18,19)13-9-7-6-8-12(13)20-4/h6-9,11H,5,10H2,1-4H3,(H,15,17). The Labute approximate surface area is 126 Å². The number of nitrogens with zero attached hydrogens (tertiary/aromatic N) is 1. The van der Waals surface area contributed by atoms with Crippen LogP contribution in [0.2, 0.25) is 0 Å². The van der Waals surface area contributed by atoms with Gasteiger partial charge in [0.2, 0.25) is 15.9 Å². The molecule has 0 fully saturated rings. The molecule has 0 radical (unpaired) electrons. The van der Waals surface area contributed by atoms with Crippen LogP contribution in [0.4, 0.5) is 0 Å². The van der Waals surface area contributed by atoms with Crippen molar-refractivity contribution in [3.05, 3.63) is 24.3 Å². The van der Waals surface area contributed by atoms with E-state index in [1.165, 1.54) is 13.2 Å². The summed E-state index contributed by atoms with van der Waals surface area (Å²) in [6.45, 7) is 5.32. The second-order valence-corrected chi connectivity index (χ2v) is 6.71. The molecule has 1 aromatic carbocycles. The van der Waals surface area contributed by atoms with Crippen LogP contribution in [0.3, 0.4) is 0 Å². The quantitative estimate of drug-likeness (QED) is 0.821. The third-order valence-electron chi connectivity index (χ3n) is 2.81. The normalized spacial score (nSPS) is 11.7. The third kappa shape index (κ3) is 4.44. The third-order valence-corrected chi connectivity index (χ3v) is 4.77. The molecule has 1 N–H and O–H groups in total. The molecule has 0 aliphatic rings. The SMILES string of the molecule is CCN(CC(=O)NC(C)C)S(=O)(=O)c1ccccc1OC. The zero-order valence-corrected chi connectivity index (χ0v) is 13.6. The van der Waals surface area contributed by atoms with Gasteiger partial charge in [0.25, 0.3) is 0 Å². The van der Waals surface area contributed by atoms with Gasteiger partial charge in [-0.15, -0.1) is 0 Å². The van der Waals surface area contributed by atoms with Crippen LogP contribution < -0.4 is 10.1 Å². The number of ether oxygens (including phenoxy) is 1. The van der Waals surface area contributed by atoms with Crippen molar-refractivity contribution < 1.29 is 17.9 Å². The van der Waals surface area contributed by atoms with Gasteiger partial charge in [0.1, 0.15) is 10.6 Å². The van der Waals surface area contributed by atoms with Gasteiger partial charge >= 0.3 is 0 Å². The molecule has 0 heterocycles. The van der Waals surface area contributed by atoms with Crippen molar-refractivity contribution in [2.24, 2.45) is 0 Å². The second kappa shape index (κ2) is 7.42. The summed E-state index contributed by atoms with van der Waals surface area (Å²) in [6, 6.07) is 6.33. The van der Waals surface area contributed by atoms with E-state index in [0.717, 1.165) is 4.31 Å². The monoisotopic (exact) mass is 314 g/mol. The molecule has 0 spiro atoms. The molecule has 1 aromatic rings. The second-order valence-electron chi connectivity index (χ2n) is 4.80. The first-order valence-electron chi connectivity index (χ1n) is 6.75. The summed E-state index contributed by atoms with van der Waals surface area (Å²) in [5.74, 6) is -0.0643. The zero-order chi connectivity index (χ0) is 16.0. The van der Waals surface area contributed by atoms with Crippen molar-refractivity contribution in [1.82, 2.24) is 9.62 Å². The smallest absolute Gasteiger partial charge is 0.247 e. The Morgan fingerprint density at radius 1 is 1.33 bits per heavy atom. The molecule has 21 heavy (non-hydrogen) atoms. The number of hydrogen-bond acceptors (Lipinski definition) is 4. The highest BCUT2D eigenvalue weighted by atomic mass is 32.2. The van der Waals surface area contributed by atoms with Crippen LogP contribution in [0.25, 0.3) is 0 Å². The highest BCUT2D eigenvalue weighted by Crippen LogP contribution is 2.25. The summed E-state index contributed by atoms with van der Waals surface area (Å²) in [6.07, 6.45) is 0. The van der Waals surface area contributed by atoms with Crippen LogP contribution in [0.1, 0.15) is 20.8 Å². The maximum Gasteiger partial charge on any atom is 0.247 e. The summed E-state index contributed by atoms with van der Waals surface area (Å²) in [7, 11) is -2.36. The van der Waals surface area contributed by atoms with Gasteiger partial charge in [0.15, 0.2) is 0 Å². The van der Waals surface area contributed by atoms with E-state index in [0.29, 0.717) is 0 Å². The van der Waals surface area contributed by atoms with E-state index < -0.39 is 10.0 Å². The van der Waals surface area contributed by atoms with Crippen LogP contribution >= 0.6 is 0 Å². The van der Waals surface area contributed by atoms with E-state index in [1.807, 2.05) is 13.8 Å². The number of rotatable bonds is 7. The first-order valence-corrected chi connectivity index (χ1v) is 8.19. The van der Waals surface area contributed by atoms with Gasteiger partial charge in [-0.1, -0.05) is 19.1 Å². The number of amides is 1. The number of likely N-dealkylation sites (N-methyl/N-ethyl adjacent to an activating group) is 1. The Hall–Kier alpha value is -1.60. The molecule has 0 aliphatic carbocycles. The highest BCUT2D eigenvalue weighted by molar-refractivity contribution is 7.89. The Balaban J connectivity index is 3.05. The van der Waals surface area contributed by atoms with Gasteiger partial charge in [-0.05, 0) is 26.0 Å². The molecule has 0 atom stereocenters. The minimum Gasteiger partial charge on any atom is -0.495 e. The Bertz CT molecular complexity index is 584. The minimum atomic E-state index is -3.78. The lowest BCUT2D eigenvalue weighted by Crippen LogP contribution is -2.42. The number of benzene rings is 1. The van der Waals surface area contributed by atoms with Crippen molar-refractivity contribution in [2.75, 3.05) is 20.2 Å². The summed E-state index contributed by atoms with van der Waals surface area (Å²) < 4.78 is 31.5. The van der Waals surface area contributed by atoms with Gasteiger partial charge in [0, 0.05) is 12.6 Å². The van der Waals surface area contributed by atoms with Gasteiger partial charge in [0.05, 0.1) is 13.7 Å². The van der Waals surface area contributed by atoms with Gasteiger partial charge < -0.3 is 10.1 Å². The molecule has 0 unspecified atom stereocenters. The van der Waals surface area contributed by atoms with Crippen LogP contribution in [-0.2, 0) is 14.8 Å². The molecule has 0 saturated carbocycles. The van der Waals surface area contributed by atoms with Crippen molar-refractivity contribution in [2.45, 2.75) is 31.7 Å². The number of methoxy groups -OCH3 is 1. The fourth-order valence-corrected chi connectivity index (χ4v) is 3.43. The van der Waals surface area contributed by atoms with Crippen LogP contribution in [0.5, 0.6) is 5.75 Å². The predicted molar refractivity (Wildman–Crippen MR) is 80.7 cm³/mol. The molecule has 1 rings (SSSR count). The molecule has 118 valence electrons. The molecular weight excluding hydrogens is 292 g/mol. The van der Waals surface area contributed by atoms with E-state index in [1.54, 1.807) is 25.1 Å². The Morgan fingerprint density at radius 2 is 1.95 bits per heavy atom. The van der Waals surface area contributed by atoms with E-state index >= 15 is 0 Å². The van der Waals surface area contributed by atoms with Crippen LogP contribution in [-0.4, -0.2) is 44.9 Å². The number of para-hydroxylation sites is 1. The Kier molecular flexibility index (Phi) is 6.17. The van der Waals surface area contributed by atoms with E-state index in [-0.39, 0.29) is 35.7 Å². The molecule has 0 aliphatic heterocycles. The van der Waals surface area contributed by atoms with Gasteiger partial charge in [-0.25, -0.2) is 8.42 Å². The minimum absolute atomic E-state index is 0.0369. The van der Waals surface area contributed by atoms with Crippen LogP contribution in [0.15, 0.2) is 29.2 Å². The fourth-order valence-electron chi connectivity index (χ4n) is 1.87. The van der Waals surface area contributed by atoms with Crippen molar-refractivity contribution in [3.8, 4) is 5.75 Å². The van der Waals surface area contributed by atoms with E-state index in [2.05, 4.69) is 5.32 Å². The average molecular weight is 314 g/mol. The average Bonchev–Trinajstić information content (AvgIpc) is 2.43. The first kappa shape index (κ1) is 17.5. The molecule has 0 saturated heterocycles. The van der Waals surface area contributed by atoms with Gasteiger partial charge in [-0.2, -0.15) is 4.31 Å². The topological polar surface area (TPSA) is 75.7 Å². The maximum atomic E-state index is 12.6. The molecule has 0 aromatic heterocycles. The van der Waals surface area contributed by atoms with Gasteiger partial charge in [-0.3, -0.25) is 4.79 Å². The number of hydrogen-bond donors (Lipinski definition) is 1. The molecular formula is C14H22N2O4S. The Morgan fingerprint density at radius 3 is 2.48 bits per heavy atom. The van der Waals surface area contributed by atoms with Crippen LogP contribution in [0, 0.1) is 0 Å². The zero-order valence-electron chi connectivity index (χ0n) is 12.8. The maximum absolute atomic E-state index is 12.6. The van der Waals surface area contributed by atoms with Crippen molar-refractivity contribution in [3.63, 3.8) is 0 Å². The highest BCUT2D eigenvalue weighted by Gasteiger charge is 2.28. The molecule has 7 heteroatoms. The fraction of sp³-hybridized carbons (Fsp3) is 0.500. The lowest BCUT2D eigenvalue weighted by Gasteiger charge is -2.21. The summed E-state index contributed by atoms with van der Waals surface area (Å²) in [5.41, 5.74) is 0.